The normalized spacial score (nSPS) is 32.9. The molecule has 0 aliphatic carbocycles. The number of aliphatic hydroxyl groups is 1. The number of hydrogen-bond donors (Lipinski definition) is 2. The lowest BCUT2D eigenvalue weighted by Gasteiger charge is -2.40. The molecule has 0 aromatic carbocycles. The number of dihydropyridines is 1. The van der Waals surface area contributed by atoms with E-state index in [-0.39, 0.29) is 10.5 Å². The standard InChI is InChI=1S/C13H15Cl2FN4O/c1-13(21)3-2-4-20(6-13)11-7-5-17-10(14)8(16)9(7)18-12(15)19-11/h5,9,17,21H,2-4,6H2,1H3/t9?,13-/m0/s1. The molecule has 3 aliphatic heterocycles. The Balaban J connectivity index is 1.94. The number of amidine groups is 2. The summed E-state index contributed by atoms with van der Waals surface area (Å²) in [6.45, 7) is 2.92. The zero-order valence-corrected chi connectivity index (χ0v) is 12.9. The number of β-amino-alcohol motifs (C(OH)–C–C–N with tert-alkyl or cyclic N) is 1. The van der Waals surface area contributed by atoms with Crippen LogP contribution in [0.5, 0.6) is 0 Å². The highest BCUT2D eigenvalue weighted by Gasteiger charge is 2.37. The van der Waals surface area contributed by atoms with Gasteiger partial charge in [0.2, 0.25) is 5.29 Å². The van der Waals surface area contributed by atoms with Crippen molar-refractivity contribution >= 4 is 34.3 Å². The Morgan fingerprint density at radius 3 is 3.00 bits per heavy atom. The molecule has 1 saturated heterocycles. The van der Waals surface area contributed by atoms with Gasteiger partial charge in [-0.15, -0.1) is 0 Å². The van der Waals surface area contributed by atoms with E-state index in [1.165, 1.54) is 0 Å². The van der Waals surface area contributed by atoms with E-state index in [1.54, 1.807) is 13.1 Å². The number of piperidine rings is 1. The second-order valence-corrected chi connectivity index (χ2v) is 6.38. The molecule has 3 heterocycles. The van der Waals surface area contributed by atoms with Crippen LogP contribution >= 0.6 is 23.2 Å². The van der Waals surface area contributed by atoms with Gasteiger partial charge in [0.05, 0.1) is 5.60 Å². The van der Waals surface area contributed by atoms with Gasteiger partial charge in [0.1, 0.15) is 17.0 Å². The summed E-state index contributed by atoms with van der Waals surface area (Å²) in [4.78, 5) is 10.1. The number of rotatable bonds is 0. The SMILES string of the molecule is C[C@]1(O)CCCN(C2=NC(Cl)=NC3C2=CNC(Cl)=C3F)C1. The Labute approximate surface area is 131 Å². The van der Waals surface area contributed by atoms with E-state index < -0.39 is 17.5 Å². The van der Waals surface area contributed by atoms with Gasteiger partial charge in [-0.25, -0.2) is 14.4 Å². The van der Waals surface area contributed by atoms with Crippen molar-refractivity contribution in [1.29, 1.82) is 0 Å². The first kappa shape index (κ1) is 14.8. The van der Waals surface area contributed by atoms with Gasteiger partial charge in [0.25, 0.3) is 0 Å². The highest BCUT2D eigenvalue weighted by atomic mass is 35.5. The van der Waals surface area contributed by atoms with Crippen molar-refractivity contribution in [3.05, 3.63) is 22.8 Å². The molecule has 21 heavy (non-hydrogen) atoms. The molecule has 1 unspecified atom stereocenters. The Bertz CT molecular complexity index is 597. The average molecular weight is 333 g/mol. The summed E-state index contributed by atoms with van der Waals surface area (Å²) in [5.74, 6) is -0.0460. The molecular weight excluding hydrogens is 318 g/mol. The molecular formula is C13H15Cl2FN4O. The van der Waals surface area contributed by atoms with E-state index in [0.29, 0.717) is 18.0 Å². The van der Waals surface area contributed by atoms with Crippen LogP contribution in [0.4, 0.5) is 4.39 Å². The fraction of sp³-hybridized carbons (Fsp3) is 0.538. The highest BCUT2D eigenvalue weighted by Crippen LogP contribution is 2.32. The molecule has 3 aliphatic rings. The predicted molar refractivity (Wildman–Crippen MR) is 81.1 cm³/mol. The molecule has 5 nitrogen and oxygen atoms in total. The van der Waals surface area contributed by atoms with Crippen LogP contribution in [0, 0.1) is 0 Å². The van der Waals surface area contributed by atoms with E-state index in [1.807, 2.05) is 4.90 Å². The minimum absolute atomic E-state index is 0.0149. The third kappa shape index (κ3) is 2.80. The third-order valence-corrected chi connectivity index (χ3v) is 4.24. The number of nitrogens with zero attached hydrogens (tertiary/aromatic N) is 3. The van der Waals surface area contributed by atoms with Gasteiger partial charge in [0, 0.05) is 24.9 Å². The van der Waals surface area contributed by atoms with Crippen LogP contribution in [-0.2, 0) is 0 Å². The second kappa shape index (κ2) is 5.26. The van der Waals surface area contributed by atoms with Crippen molar-refractivity contribution < 1.29 is 9.50 Å². The molecule has 2 atom stereocenters. The molecule has 0 spiro atoms. The van der Waals surface area contributed by atoms with Crippen LogP contribution in [0.25, 0.3) is 0 Å². The minimum Gasteiger partial charge on any atom is -0.388 e. The number of hydrogen-bond acceptors (Lipinski definition) is 5. The zero-order chi connectivity index (χ0) is 15.2. The first-order valence-electron chi connectivity index (χ1n) is 6.69. The quantitative estimate of drug-likeness (QED) is 0.667. The average Bonchev–Trinajstić information content (AvgIpc) is 2.41. The summed E-state index contributed by atoms with van der Waals surface area (Å²) in [5.41, 5.74) is -0.231. The molecule has 114 valence electrons. The smallest absolute Gasteiger partial charge is 0.220 e. The monoisotopic (exact) mass is 332 g/mol. The van der Waals surface area contributed by atoms with Crippen molar-refractivity contribution in [2.75, 3.05) is 13.1 Å². The third-order valence-electron chi connectivity index (χ3n) is 3.77. The summed E-state index contributed by atoms with van der Waals surface area (Å²) in [6, 6.07) is -0.870. The van der Waals surface area contributed by atoms with Crippen LogP contribution in [0.15, 0.2) is 32.7 Å². The largest absolute Gasteiger partial charge is 0.388 e. The molecule has 2 N–H and O–H groups in total. The van der Waals surface area contributed by atoms with Crippen LogP contribution in [-0.4, -0.2) is 45.9 Å². The van der Waals surface area contributed by atoms with Crippen LogP contribution in [0.3, 0.4) is 0 Å². The zero-order valence-electron chi connectivity index (χ0n) is 11.4. The van der Waals surface area contributed by atoms with E-state index >= 15 is 0 Å². The Kier molecular flexibility index (Phi) is 3.71. The fourth-order valence-corrected chi connectivity index (χ4v) is 3.14. The Hall–Kier alpha value is -1.11. The van der Waals surface area contributed by atoms with Gasteiger partial charge >= 0.3 is 0 Å². The maximum absolute atomic E-state index is 14.1. The summed E-state index contributed by atoms with van der Waals surface area (Å²) in [6.07, 6.45) is 3.13. The summed E-state index contributed by atoms with van der Waals surface area (Å²) in [5, 5.41) is 12.8. The molecule has 1 fully saturated rings. The molecule has 0 radical (unpaired) electrons. The minimum atomic E-state index is -0.870. The van der Waals surface area contributed by atoms with Crippen LogP contribution in [0.1, 0.15) is 19.8 Å². The van der Waals surface area contributed by atoms with Crippen molar-refractivity contribution in [2.24, 2.45) is 9.98 Å². The van der Waals surface area contributed by atoms with E-state index in [2.05, 4.69) is 15.3 Å². The molecule has 0 saturated carbocycles. The van der Waals surface area contributed by atoms with Gasteiger partial charge in [-0.3, -0.25) is 0 Å². The van der Waals surface area contributed by atoms with Gasteiger partial charge in [-0.05, 0) is 31.4 Å². The van der Waals surface area contributed by atoms with Gasteiger partial charge in [-0.1, -0.05) is 11.6 Å². The molecule has 3 rings (SSSR count). The lowest BCUT2D eigenvalue weighted by Crippen LogP contribution is -2.51. The summed E-state index contributed by atoms with van der Waals surface area (Å²) >= 11 is 11.7. The van der Waals surface area contributed by atoms with Gasteiger partial charge in [-0.2, -0.15) is 0 Å². The first-order chi connectivity index (χ1) is 9.87. The summed E-state index contributed by atoms with van der Waals surface area (Å²) in [7, 11) is 0. The van der Waals surface area contributed by atoms with E-state index in [4.69, 9.17) is 23.2 Å². The predicted octanol–water partition coefficient (Wildman–Crippen LogP) is 2.07. The van der Waals surface area contributed by atoms with E-state index in [0.717, 1.165) is 19.4 Å². The van der Waals surface area contributed by atoms with E-state index in [9.17, 15) is 9.50 Å². The molecule has 0 aromatic rings. The van der Waals surface area contributed by atoms with Crippen molar-refractivity contribution in [1.82, 2.24) is 10.2 Å². The molecule has 0 bridgehead atoms. The lowest BCUT2D eigenvalue weighted by molar-refractivity contribution is 0.00572. The van der Waals surface area contributed by atoms with Crippen molar-refractivity contribution in [3.63, 3.8) is 0 Å². The Morgan fingerprint density at radius 2 is 2.29 bits per heavy atom. The van der Waals surface area contributed by atoms with Gasteiger partial charge < -0.3 is 15.3 Å². The number of likely N-dealkylation sites (tertiary alicyclic amines) is 1. The molecule has 8 heteroatoms. The lowest BCUT2D eigenvalue weighted by atomic mass is 9.93. The van der Waals surface area contributed by atoms with Crippen LogP contribution in [0.2, 0.25) is 0 Å². The van der Waals surface area contributed by atoms with Crippen LogP contribution < -0.4 is 5.32 Å². The highest BCUT2D eigenvalue weighted by molar-refractivity contribution is 6.66. The second-order valence-electron chi connectivity index (χ2n) is 5.66. The molecule has 0 aromatic heterocycles. The van der Waals surface area contributed by atoms with Crippen molar-refractivity contribution in [2.45, 2.75) is 31.4 Å². The number of halogens is 3. The van der Waals surface area contributed by atoms with Gasteiger partial charge in [0.15, 0.2) is 5.83 Å². The molecule has 0 amide bonds. The number of fused-ring (bicyclic) bond motifs is 1. The fourth-order valence-electron chi connectivity index (χ4n) is 2.80. The Morgan fingerprint density at radius 1 is 1.52 bits per heavy atom. The maximum atomic E-state index is 14.1. The number of nitrogens with one attached hydrogen (secondary N) is 1. The summed E-state index contributed by atoms with van der Waals surface area (Å²) < 4.78 is 14.1. The maximum Gasteiger partial charge on any atom is 0.220 e. The topological polar surface area (TPSA) is 60.2 Å². The first-order valence-corrected chi connectivity index (χ1v) is 7.44. The van der Waals surface area contributed by atoms with Crippen molar-refractivity contribution in [3.8, 4) is 0 Å². The number of aliphatic imine (C=N–C) groups is 2.